The second-order valence-corrected chi connectivity index (χ2v) is 4.80. The van der Waals surface area contributed by atoms with E-state index in [0.29, 0.717) is 18.0 Å². The molecule has 0 aliphatic heterocycles. The Bertz CT molecular complexity index is 346. The van der Waals surface area contributed by atoms with Crippen molar-refractivity contribution in [2.45, 2.75) is 19.1 Å². The predicted molar refractivity (Wildman–Crippen MR) is 57.3 cm³/mol. The maximum Gasteiger partial charge on any atom is 0.434 e. The van der Waals surface area contributed by atoms with Crippen molar-refractivity contribution in [2.24, 2.45) is 5.73 Å². The van der Waals surface area contributed by atoms with Gasteiger partial charge in [-0.2, -0.15) is 13.2 Å². The Hall–Kier alpha value is -0.660. The standard InChI is InChI=1S/C9H14F3N3S/c1-15(2)4-3-7-14-8(9(10,11)12)6(5-13)16-7/h3-5,13H2,1-2H3. The van der Waals surface area contributed by atoms with Gasteiger partial charge >= 0.3 is 6.18 Å². The number of hydrogen-bond acceptors (Lipinski definition) is 4. The Kier molecular flexibility index (Phi) is 4.28. The Morgan fingerprint density at radius 1 is 1.38 bits per heavy atom. The zero-order valence-corrected chi connectivity index (χ0v) is 9.95. The molecule has 92 valence electrons. The average molecular weight is 253 g/mol. The van der Waals surface area contributed by atoms with Crippen molar-refractivity contribution >= 4 is 11.3 Å². The summed E-state index contributed by atoms with van der Waals surface area (Å²) >= 11 is 1.05. The summed E-state index contributed by atoms with van der Waals surface area (Å²) in [5.74, 6) is 0. The van der Waals surface area contributed by atoms with Crippen molar-refractivity contribution in [3.63, 3.8) is 0 Å². The summed E-state index contributed by atoms with van der Waals surface area (Å²) in [6.07, 6.45) is -3.89. The number of nitrogens with zero attached hydrogens (tertiary/aromatic N) is 2. The fraction of sp³-hybridized carbons (Fsp3) is 0.667. The molecule has 0 radical (unpaired) electrons. The zero-order valence-electron chi connectivity index (χ0n) is 9.14. The van der Waals surface area contributed by atoms with Gasteiger partial charge in [-0.15, -0.1) is 11.3 Å². The van der Waals surface area contributed by atoms with Crippen LogP contribution in [-0.4, -0.2) is 30.5 Å². The van der Waals surface area contributed by atoms with Gasteiger partial charge in [-0.25, -0.2) is 4.98 Å². The molecule has 0 bridgehead atoms. The van der Waals surface area contributed by atoms with Crippen LogP contribution in [0.5, 0.6) is 0 Å². The topological polar surface area (TPSA) is 42.2 Å². The lowest BCUT2D eigenvalue weighted by molar-refractivity contribution is -0.141. The second-order valence-electron chi connectivity index (χ2n) is 3.63. The highest BCUT2D eigenvalue weighted by molar-refractivity contribution is 7.11. The van der Waals surface area contributed by atoms with Crippen LogP contribution in [-0.2, 0) is 19.1 Å². The SMILES string of the molecule is CN(C)CCc1nc(C(F)(F)F)c(CN)s1. The highest BCUT2D eigenvalue weighted by Crippen LogP contribution is 2.34. The first kappa shape index (κ1) is 13.4. The Balaban J connectivity index is 2.86. The van der Waals surface area contributed by atoms with Crippen molar-refractivity contribution in [1.29, 1.82) is 0 Å². The number of thiazole rings is 1. The van der Waals surface area contributed by atoms with Gasteiger partial charge in [-0.05, 0) is 14.1 Å². The van der Waals surface area contributed by atoms with Crippen molar-refractivity contribution in [2.75, 3.05) is 20.6 Å². The van der Waals surface area contributed by atoms with Gasteiger partial charge in [0.05, 0.1) is 9.88 Å². The van der Waals surface area contributed by atoms with Crippen LogP contribution in [0.15, 0.2) is 0 Å². The van der Waals surface area contributed by atoms with Gasteiger partial charge in [-0.1, -0.05) is 0 Å². The molecular weight excluding hydrogens is 239 g/mol. The minimum Gasteiger partial charge on any atom is -0.326 e. The molecule has 1 aromatic rings. The van der Waals surface area contributed by atoms with Gasteiger partial charge in [0, 0.05) is 19.5 Å². The third-order valence-corrected chi connectivity index (χ3v) is 3.11. The van der Waals surface area contributed by atoms with Crippen LogP contribution >= 0.6 is 11.3 Å². The monoisotopic (exact) mass is 253 g/mol. The number of alkyl halides is 3. The van der Waals surface area contributed by atoms with E-state index >= 15 is 0 Å². The third kappa shape index (κ3) is 3.43. The molecule has 1 aromatic heterocycles. The summed E-state index contributed by atoms with van der Waals surface area (Å²) < 4.78 is 37.6. The van der Waals surface area contributed by atoms with Gasteiger partial charge in [0.25, 0.3) is 0 Å². The predicted octanol–water partition coefficient (Wildman–Crippen LogP) is 1.72. The molecule has 0 fully saturated rings. The molecule has 0 saturated carbocycles. The van der Waals surface area contributed by atoms with Crippen molar-refractivity contribution in [3.05, 3.63) is 15.6 Å². The molecular formula is C9H14F3N3S. The van der Waals surface area contributed by atoms with Gasteiger partial charge in [0.2, 0.25) is 0 Å². The Morgan fingerprint density at radius 2 is 2.00 bits per heavy atom. The Morgan fingerprint density at radius 3 is 2.38 bits per heavy atom. The lowest BCUT2D eigenvalue weighted by atomic mass is 10.3. The van der Waals surface area contributed by atoms with E-state index in [4.69, 9.17) is 5.73 Å². The van der Waals surface area contributed by atoms with E-state index < -0.39 is 11.9 Å². The van der Waals surface area contributed by atoms with Crippen LogP contribution in [0.3, 0.4) is 0 Å². The molecule has 2 N–H and O–H groups in total. The number of rotatable bonds is 4. The van der Waals surface area contributed by atoms with Gasteiger partial charge < -0.3 is 10.6 Å². The molecule has 3 nitrogen and oxygen atoms in total. The first-order chi connectivity index (χ1) is 7.34. The van der Waals surface area contributed by atoms with E-state index in [1.165, 1.54) is 0 Å². The largest absolute Gasteiger partial charge is 0.434 e. The fourth-order valence-corrected chi connectivity index (χ4v) is 2.14. The van der Waals surface area contributed by atoms with Crippen LogP contribution in [0.2, 0.25) is 0 Å². The summed E-state index contributed by atoms with van der Waals surface area (Å²) in [4.78, 5) is 5.62. The summed E-state index contributed by atoms with van der Waals surface area (Å²) in [6.45, 7) is 0.559. The molecule has 0 spiro atoms. The number of aromatic nitrogens is 1. The first-order valence-corrected chi connectivity index (χ1v) is 5.56. The molecule has 1 heterocycles. The van der Waals surface area contributed by atoms with Crippen LogP contribution in [0.4, 0.5) is 13.2 Å². The Labute approximate surface area is 96.1 Å². The number of nitrogens with two attached hydrogens (primary N) is 1. The molecule has 0 aliphatic carbocycles. The summed E-state index contributed by atoms with van der Waals surface area (Å²) in [6, 6.07) is 0. The summed E-state index contributed by atoms with van der Waals surface area (Å²) in [5, 5.41) is 0.487. The van der Waals surface area contributed by atoms with Crippen LogP contribution in [0.25, 0.3) is 0 Å². The van der Waals surface area contributed by atoms with Crippen LogP contribution in [0.1, 0.15) is 15.6 Å². The maximum absolute atomic E-state index is 12.5. The van der Waals surface area contributed by atoms with Crippen molar-refractivity contribution < 1.29 is 13.2 Å². The van der Waals surface area contributed by atoms with Crippen molar-refractivity contribution in [1.82, 2.24) is 9.88 Å². The quantitative estimate of drug-likeness (QED) is 0.888. The van der Waals surface area contributed by atoms with Crippen LogP contribution < -0.4 is 5.73 Å². The van der Waals surface area contributed by atoms with Gasteiger partial charge in [0.15, 0.2) is 5.69 Å². The van der Waals surface area contributed by atoms with E-state index in [9.17, 15) is 13.2 Å². The molecule has 0 saturated heterocycles. The van der Waals surface area contributed by atoms with E-state index in [1.807, 2.05) is 19.0 Å². The minimum absolute atomic E-state index is 0.112. The lowest BCUT2D eigenvalue weighted by Gasteiger charge is -2.06. The molecule has 0 amide bonds. The molecule has 7 heteroatoms. The fourth-order valence-electron chi connectivity index (χ4n) is 1.19. The van der Waals surface area contributed by atoms with E-state index in [1.54, 1.807) is 0 Å². The first-order valence-electron chi connectivity index (χ1n) is 4.75. The molecule has 16 heavy (non-hydrogen) atoms. The summed E-state index contributed by atoms with van der Waals surface area (Å²) in [5.41, 5.74) is 4.45. The highest BCUT2D eigenvalue weighted by Gasteiger charge is 2.36. The summed E-state index contributed by atoms with van der Waals surface area (Å²) in [7, 11) is 3.73. The second kappa shape index (κ2) is 5.11. The number of halogens is 3. The zero-order chi connectivity index (χ0) is 12.3. The smallest absolute Gasteiger partial charge is 0.326 e. The maximum atomic E-state index is 12.5. The highest BCUT2D eigenvalue weighted by atomic mass is 32.1. The molecule has 0 unspecified atom stereocenters. The molecule has 1 rings (SSSR count). The minimum atomic E-state index is -4.40. The van der Waals surface area contributed by atoms with E-state index in [-0.39, 0.29) is 11.4 Å². The normalized spacial score (nSPS) is 12.4. The van der Waals surface area contributed by atoms with Crippen molar-refractivity contribution in [3.8, 4) is 0 Å². The lowest BCUT2D eigenvalue weighted by Crippen LogP contribution is -2.15. The molecule has 0 aromatic carbocycles. The molecule has 0 atom stereocenters. The number of hydrogen-bond donors (Lipinski definition) is 1. The van der Waals surface area contributed by atoms with E-state index in [2.05, 4.69) is 4.98 Å². The third-order valence-electron chi connectivity index (χ3n) is 1.97. The number of likely N-dealkylation sites (N-methyl/N-ethyl adjacent to an activating group) is 1. The van der Waals surface area contributed by atoms with E-state index in [0.717, 1.165) is 11.3 Å². The van der Waals surface area contributed by atoms with Gasteiger partial charge in [0.1, 0.15) is 0 Å². The average Bonchev–Trinajstić information content (AvgIpc) is 2.57. The molecule has 0 aliphatic rings. The van der Waals surface area contributed by atoms with Gasteiger partial charge in [-0.3, -0.25) is 0 Å². The van der Waals surface area contributed by atoms with Crippen LogP contribution in [0, 0.1) is 0 Å².